The van der Waals surface area contributed by atoms with Crippen LogP contribution >= 0.6 is 0 Å². The molecular formula is C22H25N3O2. The number of fused-ring (bicyclic) bond motifs is 1. The normalized spacial score (nSPS) is 14.6. The third-order valence-corrected chi connectivity index (χ3v) is 5.28. The van der Waals surface area contributed by atoms with Crippen LogP contribution in [0.4, 0.5) is 5.82 Å². The summed E-state index contributed by atoms with van der Waals surface area (Å²) in [6.45, 7) is 2.58. The molecule has 0 atom stereocenters. The van der Waals surface area contributed by atoms with Gasteiger partial charge in [0.15, 0.2) is 0 Å². The number of hydrogen-bond donors (Lipinski definition) is 1. The molecule has 5 heteroatoms. The number of anilines is 1. The lowest BCUT2D eigenvalue weighted by Gasteiger charge is -2.16. The second kappa shape index (κ2) is 7.43. The van der Waals surface area contributed by atoms with E-state index in [1.807, 2.05) is 55.1 Å². The quantitative estimate of drug-likeness (QED) is 0.732. The Hall–Kier alpha value is -2.82. The van der Waals surface area contributed by atoms with Gasteiger partial charge in [-0.1, -0.05) is 25.0 Å². The van der Waals surface area contributed by atoms with Crippen LogP contribution in [0.2, 0.25) is 0 Å². The molecule has 0 aliphatic heterocycles. The van der Waals surface area contributed by atoms with Crippen LogP contribution in [-0.2, 0) is 7.05 Å². The van der Waals surface area contributed by atoms with Gasteiger partial charge in [0.2, 0.25) is 5.43 Å². The number of nitrogens with one attached hydrogen (secondary N) is 1. The molecule has 4 rings (SSSR count). The lowest BCUT2D eigenvalue weighted by atomic mass is 10.0. The van der Waals surface area contributed by atoms with Gasteiger partial charge in [0.05, 0.1) is 17.5 Å². The van der Waals surface area contributed by atoms with E-state index in [4.69, 9.17) is 4.74 Å². The monoisotopic (exact) mass is 363 g/mol. The number of hydrogen-bond acceptors (Lipinski definition) is 4. The fourth-order valence-electron chi connectivity index (χ4n) is 3.90. The Morgan fingerprint density at radius 3 is 2.63 bits per heavy atom. The molecule has 0 spiro atoms. The summed E-state index contributed by atoms with van der Waals surface area (Å²) in [5.74, 6) is 1.51. The van der Waals surface area contributed by atoms with E-state index in [1.165, 1.54) is 12.8 Å². The molecule has 2 heterocycles. The summed E-state index contributed by atoms with van der Waals surface area (Å²) in [4.78, 5) is 17.9. The third kappa shape index (κ3) is 3.42. The lowest BCUT2D eigenvalue weighted by molar-refractivity contribution is 0.340. The van der Waals surface area contributed by atoms with Gasteiger partial charge >= 0.3 is 0 Å². The van der Waals surface area contributed by atoms with Gasteiger partial charge in [-0.05, 0) is 43.5 Å². The fourth-order valence-corrected chi connectivity index (χ4v) is 3.90. The molecule has 1 aliphatic carbocycles. The average Bonchev–Trinajstić information content (AvgIpc) is 3.19. The van der Waals surface area contributed by atoms with Crippen molar-refractivity contribution in [3.8, 4) is 16.9 Å². The van der Waals surface area contributed by atoms with Crippen molar-refractivity contribution in [2.45, 2.75) is 38.6 Å². The van der Waals surface area contributed by atoms with Gasteiger partial charge in [-0.15, -0.1) is 0 Å². The van der Waals surface area contributed by atoms with Crippen LogP contribution in [0.3, 0.4) is 0 Å². The number of benzene rings is 1. The minimum absolute atomic E-state index is 0.0147. The molecule has 5 nitrogen and oxygen atoms in total. The Morgan fingerprint density at radius 1 is 1.19 bits per heavy atom. The van der Waals surface area contributed by atoms with Crippen LogP contribution < -0.4 is 15.5 Å². The minimum atomic E-state index is 0.0147. The van der Waals surface area contributed by atoms with E-state index in [2.05, 4.69) is 10.3 Å². The van der Waals surface area contributed by atoms with Gasteiger partial charge in [0, 0.05) is 31.0 Å². The maximum absolute atomic E-state index is 13.4. The van der Waals surface area contributed by atoms with Crippen LogP contribution in [0.1, 0.15) is 32.6 Å². The maximum atomic E-state index is 13.4. The number of pyridine rings is 2. The summed E-state index contributed by atoms with van der Waals surface area (Å²) >= 11 is 0. The predicted molar refractivity (Wildman–Crippen MR) is 109 cm³/mol. The smallest absolute Gasteiger partial charge is 0.200 e. The largest absolute Gasteiger partial charge is 0.494 e. The fraction of sp³-hybridized carbons (Fsp3) is 0.364. The minimum Gasteiger partial charge on any atom is -0.494 e. The summed E-state index contributed by atoms with van der Waals surface area (Å²) < 4.78 is 7.52. The van der Waals surface area contributed by atoms with Crippen molar-refractivity contribution in [3.05, 3.63) is 52.9 Å². The van der Waals surface area contributed by atoms with Crippen molar-refractivity contribution in [2.75, 3.05) is 11.9 Å². The van der Waals surface area contributed by atoms with Crippen molar-refractivity contribution >= 4 is 16.7 Å². The molecule has 1 fully saturated rings. The second-order valence-electron chi connectivity index (χ2n) is 7.12. The van der Waals surface area contributed by atoms with E-state index < -0.39 is 0 Å². The highest BCUT2D eigenvalue weighted by Crippen LogP contribution is 2.27. The van der Waals surface area contributed by atoms with Gasteiger partial charge in [0.25, 0.3) is 0 Å². The summed E-state index contributed by atoms with van der Waals surface area (Å²) in [5.41, 5.74) is 2.47. The first-order valence-electron chi connectivity index (χ1n) is 9.65. The molecule has 0 radical (unpaired) electrons. The summed E-state index contributed by atoms with van der Waals surface area (Å²) in [6, 6.07) is 10.00. The molecule has 1 aliphatic rings. The van der Waals surface area contributed by atoms with Crippen molar-refractivity contribution < 1.29 is 4.74 Å². The standard InChI is InChI=1S/C22H25N3O2/c1-3-27-17-10-8-15(9-11-17)18-14-25(2)19-12-13-23-22(20(19)21(18)26)24-16-6-4-5-7-16/h8-14,16H,3-7H2,1-2H3,(H,23,24). The van der Waals surface area contributed by atoms with Crippen LogP contribution in [-0.4, -0.2) is 22.2 Å². The zero-order valence-corrected chi connectivity index (χ0v) is 15.9. The molecule has 0 bridgehead atoms. The first kappa shape index (κ1) is 17.6. The second-order valence-corrected chi connectivity index (χ2v) is 7.12. The lowest BCUT2D eigenvalue weighted by Crippen LogP contribution is -2.19. The average molecular weight is 363 g/mol. The summed E-state index contributed by atoms with van der Waals surface area (Å²) in [7, 11) is 1.97. The van der Waals surface area contributed by atoms with Crippen LogP contribution in [0, 0.1) is 0 Å². The predicted octanol–water partition coefficient (Wildman–Crippen LogP) is 4.35. The van der Waals surface area contributed by atoms with E-state index in [0.717, 1.165) is 29.7 Å². The topological polar surface area (TPSA) is 56.1 Å². The Balaban J connectivity index is 1.82. The highest BCUT2D eigenvalue weighted by molar-refractivity contribution is 5.92. The molecular weight excluding hydrogens is 338 g/mol. The number of nitrogens with zero attached hydrogens (tertiary/aromatic N) is 2. The van der Waals surface area contributed by atoms with Gasteiger partial charge in [-0.3, -0.25) is 4.79 Å². The molecule has 1 saturated carbocycles. The molecule has 0 unspecified atom stereocenters. The molecule has 3 aromatic rings. The highest BCUT2D eigenvalue weighted by atomic mass is 16.5. The molecule has 0 saturated heterocycles. The van der Waals surface area contributed by atoms with Gasteiger partial charge < -0.3 is 14.6 Å². The first-order chi connectivity index (χ1) is 13.2. The van der Waals surface area contributed by atoms with Crippen LogP contribution in [0.25, 0.3) is 22.0 Å². The van der Waals surface area contributed by atoms with E-state index in [-0.39, 0.29) is 5.43 Å². The molecule has 0 amide bonds. The SMILES string of the molecule is CCOc1ccc(-c2cn(C)c3ccnc(NC4CCCC4)c3c2=O)cc1. The zero-order chi connectivity index (χ0) is 18.8. The molecule has 2 aromatic heterocycles. The molecule has 140 valence electrons. The van der Waals surface area contributed by atoms with E-state index in [1.54, 1.807) is 6.20 Å². The molecule has 1 aromatic carbocycles. The van der Waals surface area contributed by atoms with E-state index in [9.17, 15) is 4.79 Å². The van der Waals surface area contributed by atoms with Gasteiger partial charge in [-0.2, -0.15) is 0 Å². The highest BCUT2D eigenvalue weighted by Gasteiger charge is 2.19. The van der Waals surface area contributed by atoms with Crippen LogP contribution in [0.15, 0.2) is 47.5 Å². The maximum Gasteiger partial charge on any atom is 0.200 e. The van der Waals surface area contributed by atoms with E-state index in [0.29, 0.717) is 29.4 Å². The zero-order valence-electron chi connectivity index (χ0n) is 15.9. The number of aryl methyl sites for hydroxylation is 1. The Kier molecular flexibility index (Phi) is 4.84. The van der Waals surface area contributed by atoms with E-state index >= 15 is 0 Å². The summed E-state index contributed by atoms with van der Waals surface area (Å²) in [6.07, 6.45) is 8.42. The first-order valence-corrected chi connectivity index (χ1v) is 9.65. The Morgan fingerprint density at radius 2 is 1.93 bits per heavy atom. The number of aromatic nitrogens is 2. The van der Waals surface area contributed by atoms with Gasteiger partial charge in [-0.25, -0.2) is 4.98 Å². The summed E-state index contributed by atoms with van der Waals surface area (Å²) in [5, 5.41) is 4.18. The third-order valence-electron chi connectivity index (χ3n) is 5.28. The Bertz CT molecular complexity index is 1000. The molecule has 27 heavy (non-hydrogen) atoms. The number of rotatable bonds is 5. The van der Waals surface area contributed by atoms with Crippen molar-refractivity contribution in [2.24, 2.45) is 7.05 Å². The number of ether oxygens (including phenoxy) is 1. The van der Waals surface area contributed by atoms with Gasteiger partial charge in [0.1, 0.15) is 11.6 Å². The van der Waals surface area contributed by atoms with Crippen molar-refractivity contribution in [3.63, 3.8) is 0 Å². The van der Waals surface area contributed by atoms with Crippen molar-refractivity contribution in [1.82, 2.24) is 9.55 Å². The molecule has 1 N–H and O–H groups in total. The van der Waals surface area contributed by atoms with Crippen molar-refractivity contribution in [1.29, 1.82) is 0 Å². The van der Waals surface area contributed by atoms with Crippen LogP contribution in [0.5, 0.6) is 5.75 Å². The Labute approximate surface area is 159 Å².